The van der Waals surface area contributed by atoms with Crippen molar-refractivity contribution in [2.45, 2.75) is 53.8 Å². The minimum atomic E-state index is -1.26. The first-order chi connectivity index (χ1) is 7.61. The second-order valence-electron chi connectivity index (χ2n) is 6.04. The van der Waals surface area contributed by atoms with E-state index in [0.29, 0.717) is 5.92 Å². The van der Waals surface area contributed by atoms with E-state index in [4.69, 9.17) is 4.74 Å². The third-order valence-corrected chi connectivity index (χ3v) is 3.29. The second kappa shape index (κ2) is 6.79. The summed E-state index contributed by atoms with van der Waals surface area (Å²) in [6, 6.07) is 0. The summed E-state index contributed by atoms with van der Waals surface area (Å²) >= 11 is 0. The molecular formula is C14H26O2Si. The highest BCUT2D eigenvalue weighted by atomic mass is 28.3. The van der Waals surface area contributed by atoms with E-state index in [1.165, 1.54) is 6.92 Å². The maximum Gasteiger partial charge on any atom is 0.308 e. The molecule has 0 N–H and O–H groups in total. The number of ether oxygens (including phenoxy) is 1. The minimum Gasteiger partial charge on any atom is -0.427 e. The Balaban J connectivity index is 4.99. The average Bonchev–Trinajstić information content (AvgIpc) is 2.08. The Labute approximate surface area is 107 Å². The van der Waals surface area contributed by atoms with Gasteiger partial charge in [0.1, 0.15) is 5.76 Å². The van der Waals surface area contributed by atoms with Gasteiger partial charge in [-0.3, -0.25) is 4.79 Å². The number of rotatable bonds is 5. The van der Waals surface area contributed by atoms with Crippen LogP contribution in [0.3, 0.4) is 0 Å². The van der Waals surface area contributed by atoms with Gasteiger partial charge in [-0.2, -0.15) is 0 Å². The van der Waals surface area contributed by atoms with Gasteiger partial charge in [0.2, 0.25) is 0 Å². The molecule has 0 aromatic rings. The Bertz CT molecular complexity index is 320. The minimum absolute atomic E-state index is 0.247. The molecule has 0 saturated heterocycles. The number of hydrogen-bond acceptors (Lipinski definition) is 2. The van der Waals surface area contributed by atoms with Crippen molar-refractivity contribution >= 4 is 14.0 Å². The molecule has 3 heteroatoms. The van der Waals surface area contributed by atoms with Crippen LogP contribution in [0.15, 0.2) is 23.1 Å². The molecule has 0 heterocycles. The van der Waals surface area contributed by atoms with Crippen molar-refractivity contribution < 1.29 is 9.53 Å². The van der Waals surface area contributed by atoms with Crippen LogP contribution >= 0.6 is 0 Å². The van der Waals surface area contributed by atoms with E-state index in [2.05, 4.69) is 39.2 Å². The fourth-order valence-electron chi connectivity index (χ4n) is 1.46. The van der Waals surface area contributed by atoms with Gasteiger partial charge in [-0.1, -0.05) is 39.2 Å². The molecule has 0 unspecified atom stereocenters. The molecule has 17 heavy (non-hydrogen) atoms. The van der Waals surface area contributed by atoms with Gasteiger partial charge in [-0.15, -0.1) is 0 Å². The zero-order chi connectivity index (χ0) is 13.6. The molecular weight excluding hydrogens is 228 g/mol. The van der Waals surface area contributed by atoms with Crippen LogP contribution in [0.2, 0.25) is 19.6 Å². The highest BCUT2D eigenvalue weighted by molar-refractivity contribution is 6.81. The summed E-state index contributed by atoms with van der Waals surface area (Å²) in [6.45, 7) is 14.6. The monoisotopic (exact) mass is 254 g/mol. The quantitative estimate of drug-likeness (QED) is 0.316. The summed E-state index contributed by atoms with van der Waals surface area (Å²) in [5.74, 6) is 1.05. The van der Waals surface area contributed by atoms with Crippen LogP contribution in [0, 0.1) is 5.92 Å². The van der Waals surface area contributed by atoms with Crippen LogP contribution in [0.4, 0.5) is 0 Å². The van der Waals surface area contributed by atoms with Crippen LogP contribution in [0.25, 0.3) is 0 Å². The first-order valence-corrected chi connectivity index (χ1v) is 9.77. The fraction of sp³-hybridized carbons (Fsp3) is 0.643. The van der Waals surface area contributed by atoms with Crippen LogP contribution in [0.1, 0.15) is 34.1 Å². The van der Waals surface area contributed by atoms with E-state index >= 15 is 0 Å². The smallest absolute Gasteiger partial charge is 0.308 e. The molecule has 0 aliphatic rings. The van der Waals surface area contributed by atoms with Crippen LogP contribution < -0.4 is 0 Å². The molecule has 0 fully saturated rings. The highest BCUT2D eigenvalue weighted by Crippen LogP contribution is 2.18. The zero-order valence-corrected chi connectivity index (χ0v) is 13.3. The lowest BCUT2D eigenvalue weighted by atomic mass is 10.0. The number of allylic oxidation sites excluding steroid dienone is 2. The third kappa shape index (κ3) is 8.92. The lowest BCUT2D eigenvalue weighted by Gasteiger charge is -2.13. The van der Waals surface area contributed by atoms with Crippen LogP contribution in [-0.2, 0) is 9.53 Å². The highest BCUT2D eigenvalue weighted by Gasteiger charge is 2.10. The van der Waals surface area contributed by atoms with Gasteiger partial charge in [0.15, 0.2) is 0 Å². The van der Waals surface area contributed by atoms with Gasteiger partial charge in [0, 0.05) is 6.92 Å². The molecule has 0 bridgehead atoms. The number of carbonyl (C=O) groups excluding carboxylic acids is 1. The molecule has 0 radical (unpaired) electrons. The Kier molecular flexibility index (Phi) is 6.46. The first-order valence-electron chi connectivity index (χ1n) is 6.19. The summed E-state index contributed by atoms with van der Waals surface area (Å²) in [6.07, 6.45) is 2.93. The first kappa shape index (κ1) is 16.2. The van der Waals surface area contributed by atoms with Gasteiger partial charge >= 0.3 is 5.97 Å². The predicted octanol–water partition coefficient (Wildman–Crippen LogP) is 4.30. The van der Waals surface area contributed by atoms with E-state index in [-0.39, 0.29) is 5.97 Å². The summed E-state index contributed by atoms with van der Waals surface area (Å²) in [5, 5.41) is 0. The van der Waals surface area contributed by atoms with Crippen molar-refractivity contribution in [3.63, 3.8) is 0 Å². The summed E-state index contributed by atoms with van der Waals surface area (Å²) < 4.78 is 5.28. The molecule has 98 valence electrons. The van der Waals surface area contributed by atoms with Crippen molar-refractivity contribution in [1.29, 1.82) is 0 Å². The predicted molar refractivity (Wildman–Crippen MR) is 76.4 cm³/mol. The second-order valence-corrected chi connectivity index (χ2v) is 11.1. The number of hydrogen-bond donors (Lipinski definition) is 0. The fourth-order valence-corrected chi connectivity index (χ4v) is 2.11. The SMILES string of the molecule is CC(=O)OC(/C=C\[Si](C)(C)C)=C(/C)CC(C)C. The van der Waals surface area contributed by atoms with Crippen molar-refractivity contribution in [2.75, 3.05) is 0 Å². The molecule has 0 aliphatic carbocycles. The lowest BCUT2D eigenvalue weighted by Crippen LogP contribution is -2.16. The number of carbonyl (C=O) groups is 1. The maximum atomic E-state index is 11.1. The lowest BCUT2D eigenvalue weighted by molar-refractivity contribution is -0.136. The number of esters is 1. The Morgan fingerprint density at radius 3 is 2.12 bits per heavy atom. The van der Waals surface area contributed by atoms with Crippen molar-refractivity contribution in [1.82, 2.24) is 0 Å². The summed E-state index contributed by atoms with van der Waals surface area (Å²) in [5.41, 5.74) is 3.35. The standard InChI is InChI=1S/C14H26O2Si/c1-11(2)10-12(3)14(16-13(4)15)8-9-17(5,6)7/h8-9,11H,10H2,1-7H3/b9-8-,14-12-. The molecule has 0 amide bonds. The van der Waals surface area contributed by atoms with E-state index < -0.39 is 8.07 Å². The van der Waals surface area contributed by atoms with Gasteiger partial charge in [0.25, 0.3) is 0 Å². The average molecular weight is 254 g/mol. The van der Waals surface area contributed by atoms with Gasteiger partial charge < -0.3 is 4.74 Å². The largest absolute Gasteiger partial charge is 0.427 e. The van der Waals surface area contributed by atoms with Crippen LogP contribution in [-0.4, -0.2) is 14.0 Å². The molecule has 0 spiro atoms. The van der Waals surface area contributed by atoms with Gasteiger partial charge in [0.05, 0.1) is 8.07 Å². The van der Waals surface area contributed by atoms with Gasteiger partial charge in [-0.25, -0.2) is 0 Å². The normalized spacial score (nSPS) is 14.1. The Morgan fingerprint density at radius 2 is 1.76 bits per heavy atom. The van der Waals surface area contributed by atoms with E-state index in [1.807, 2.05) is 13.0 Å². The Morgan fingerprint density at radius 1 is 1.24 bits per heavy atom. The van der Waals surface area contributed by atoms with E-state index in [1.54, 1.807) is 0 Å². The van der Waals surface area contributed by atoms with E-state index in [9.17, 15) is 4.79 Å². The Hall–Kier alpha value is -0.833. The molecule has 0 aromatic carbocycles. The third-order valence-electron chi connectivity index (χ3n) is 2.12. The van der Waals surface area contributed by atoms with Crippen LogP contribution in [0.5, 0.6) is 0 Å². The zero-order valence-electron chi connectivity index (χ0n) is 12.3. The van der Waals surface area contributed by atoms with E-state index in [0.717, 1.165) is 17.8 Å². The van der Waals surface area contributed by atoms with Crippen molar-refractivity contribution in [3.05, 3.63) is 23.1 Å². The summed E-state index contributed by atoms with van der Waals surface area (Å²) in [4.78, 5) is 11.1. The molecule has 2 nitrogen and oxygen atoms in total. The molecule has 0 aliphatic heterocycles. The molecule has 0 atom stereocenters. The van der Waals surface area contributed by atoms with Crippen molar-refractivity contribution in [3.8, 4) is 0 Å². The maximum absolute atomic E-state index is 11.1. The summed E-state index contributed by atoms with van der Waals surface area (Å²) in [7, 11) is -1.26. The van der Waals surface area contributed by atoms with Gasteiger partial charge in [-0.05, 0) is 30.9 Å². The molecule has 0 rings (SSSR count). The van der Waals surface area contributed by atoms with Crippen molar-refractivity contribution in [2.24, 2.45) is 5.92 Å². The molecule has 0 saturated carbocycles. The topological polar surface area (TPSA) is 26.3 Å². The molecule has 0 aromatic heterocycles.